The van der Waals surface area contributed by atoms with Crippen LogP contribution in [0.25, 0.3) is 0 Å². The molecule has 25 heavy (non-hydrogen) atoms. The zero-order chi connectivity index (χ0) is 17.6. The number of anilines is 3. The Morgan fingerprint density at radius 1 is 1.04 bits per heavy atom. The monoisotopic (exact) mass is 347 g/mol. The average molecular weight is 347 g/mol. The first kappa shape index (κ1) is 17.0. The SMILES string of the molecule is COc1cc(Nc2nncc(N3CCOCC3)n2)cc(OC)c1OC. The molecule has 3 rings (SSSR count). The fourth-order valence-electron chi connectivity index (χ4n) is 2.58. The average Bonchev–Trinajstić information content (AvgIpc) is 2.68. The van der Waals surface area contributed by atoms with Gasteiger partial charge in [-0.1, -0.05) is 0 Å². The highest BCUT2D eigenvalue weighted by atomic mass is 16.5. The minimum atomic E-state index is 0.387. The molecule has 0 aliphatic carbocycles. The van der Waals surface area contributed by atoms with Crippen molar-refractivity contribution < 1.29 is 18.9 Å². The minimum Gasteiger partial charge on any atom is -0.493 e. The molecule has 2 heterocycles. The van der Waals surface area contributed by atoms with Crippen molar-refractivity contribution in [1.29, 1.82) is 0 Å². The molecule has 2 aromatic rings. The number of hydrogen-bond donors (Lipinski definition) is 1. The number of morpholine rings is 1. The lowest BCUT2D eigenvalue weighted by molar-refractivity contribution is 0.122. The molecule has 1 saturated heterocycles. The van der Waals surface area contributed by atoms with Gasteiger partial charge in [-0.15, -0.1) is 5.10 Å². The second-order valence-corrected chi connectivity index (χ2v) is 5.28. The summed E-state index contributed by atoms with van der Waals surface area (Å²) in [7, 11) is 4.70. The van der Waals surface area contributed by atoms with Crippen molar-refractivity contribution in [1.82, 2.24) is 15.2 Å². The van der Waals surface area contributed by atoms with E-state index in [0.29, 0.717) is 42.1 Å². The van der Waals surface area contributed by atoms with E-state index >= 15 is 0 Å². The van der Waals surface area contributed by atoms with E-state index in [9.17, 15) is 0 Å². The predicted octanol–water partition coefficient (Wildman–Crippen LogP) is 1.48. The van der Waals surface area contributed by atoms with Crippen molar-refractivity contribution in [2.45, 2.75) is 0 Å². The lowest BCUT2D eigenvalue weighted by atomic mass is 10.2. The number of rotatable bonds is 6. The quantitative estimate of drug-likeness (QED) is 0.834. The number of hydrogen-bond acceptors (Lipinski definition) is 9. The summed E-state index contributed by atoms with van der Waals surface area (Å²) in [6.45, 7) is 2.92. The molecule has 1 aromatic carbocycles. The fraction of sp³-hybridized carbons (Fsp3) is 0.438. The van der Waals surface area contributed by atoms with Crippen molar-refractivity contribution in [2.24, 2.45) is 0 Å². The molecule has 0 atom stereocenters. The maximum absolute atomic E-state index is 5.36. The van der Waals surface area contributed by atoms with Crippen LogP contribution in [0.15, 0.2) is 18.3 Å². The predicted molar refractivity (Wildman–Crippen MR) is 92.2 cm³/mol. The molecule has 134 valence electrons. The number of benzene rings is 1. The molecular weight excluding hydrogens is 326 g/mol. The van der Waals surface area contributed by atoms with Crippen LogP contribution in [0.4, 0.5) is 17.5 Å². The van der Waals surface area contributed by atoms with Crippen LogP contribution in [0.1, 0.15) is 0 Å². The zero-order valence-corrected chi connectivity index (χ0v) is 14.5. The standard InChI is InChI=1S/C16H21N5O4/c1-22-12-8-11(9-13(23-2)15(12)24-3)18-16-19-14(10-17-20-16)21-4-6-25-7-5-21/h8-10H,4-7H2,1-3H3,(H,18,19,20). The van der Waals surface area contributed by atoms with Crippen LogP contribution in [0.5, 0.6) is 17.2 Å². The lowest BCUT2D eigenvalue weighted by Crippen LogP contribution is -2.36. The smallest absolute Gasteiger partial charge is 0.249 e. The van der Waals surface area contributed by atoms with E-state index in [2.05, 4.69) is 25.4 Å². The fourth-order valence-corrected chi connectivity index (χ4v) is 2.58. The first-order valence-corrected chi connectivity index (χ1v) is 7.84. The molecule has 1 aliphatic heterocycles. The van der Waals surface area contributed by atoms with E-state index < -0.39 is 0 Å². The van der Waals surface area contributed by atoms with Crippen LogP contribution < -0.4 is 24.4 Å². The highest BCUT2D eigenvalue weighted by Crippen LogP contribution is 2.40. The van der Waals surface area contributed by atoms with Gasteiger partial charge in [-0.2, -0.15) is 10.1 Å². The molecule has 1 N–H and O–H groups in total. The van der Waals surface area contributed by atoms with Gasteiger partial charge in [0.25, 0.3) is 0 Å². The Morgan fingerprint density at radius 3 is 2.32 bits per heavy atom. The first-order valence-electron chi connectivity index (χ1n) is 7.84. The molecule has 9 heteroatoms. The number of nitrogens with one attached hydrogen (secondary N) is 1. The second-order valence-electron chi connectivity index (χ2n) is 5.28. The molecule has 1 fully saturated rings. The van der Waals surface area contributed by atoms with Gasteiger partial charge in [-0.3, -0.25) is 0 Å². The van der Waals surface area contributed by atoms with Crippen molar-refractivity contribution >= 4 is 17.5 Å². The Hall–Kier alpha value is -2.81. The van der Waals surface area contributed by atoms with Crippen LogP contribution in [0, 0.1) is 0 Å². The highest BCUT2D eigenvalue weighted by molar-refractivity contribution is 5.65. The molecule has 9 nitrogen and oxygen atoms in total. The van der Waals surface area contributed by atoms with E-state index in [4.69, 9.17) is 18.9 Å². The molecule has 0 spiro atoms. The van der Waals surface area contributed by atoms with Gasteiger partial charge in [-0.25, -0.2) is 0 Å². The summed E-state index contributed by atoms with van der Waals surface area (Å²) in [5.41, 5.74) is 0.704. The first-order chi connectivity index (χ1) is 12.2. The third-order valence-electron chi connectivity index (χ3n) is 3.80. The van der Waals surface area contributed by atoms with Crippen molar-refractivity contribution in [2.75, 3.05) is 57.8 Å². The van der Waals surface area contributed by atoms with Crippen molar-refractivity contribution in [3.63, 3.8) is 0 Å². The second kappa shape index (κ2) is 7.84. The van der Waals surface area contributed by atoms with Gasteiger partial charge in [0.15, 0.2) is 17.3 Å². The van der Waals surface area contributed by atoms with Gasteiger partial charge in [0, 0.05) is 30.9 Å². The Morgan fingerprint density at radius 2 is 1.72 bits per heavy atom. The van der Waals surface area contributed by atoms with Gasteiger partial charge >= 0.3 is 0 Å². The van der Waals surface area contributed by atoms with Crippen molar-refractivity contribution in [3.8, 4) is 17.2 Å². The van der Waals surface area contributed by atoms with Crippen LogP contribution >= 0.6 is 0 Å². The van der Waals surface area contributed by atoms with E-state index in [0.717, 1.165) is 18.9 Å². The third kappa shape index (κ3) is 3.82. The Kier molecular flexibility index (Phi) is 5.34. The van der Waals surface area contributed by atoms with Crippen LogP contribution in [0.3, 0.4) is 0 Å². The molecule has 0 radical (unpaired) electrons. The summed E-state index contributed by atoms with van der Waals surface area (Å²) >= 11 is 0. The molecule has 0 bridgehead atoms. The zero-order valence-electron chi connectivity index (χ0n) is 14.5. The van der Waals surface area contributed by atoms with Crippen LogP contribution in [-0.4, -0.2) is 62.8 Å². The van der Waals surface area contributed by atoms with Gasteiger partial charge in [0.1, 0.15) is 0 Å². The minimum absolute atomic E-state index is 0.387. The van der Waals surface area contributed by atoms with Gasteiger partial charge in [0.05, 0.1) is 40.7 Å². The number of ether oxygens (including phenoxy) is 4. The molecule has 0 unspecified atom stereocenters. The summed E-state index contributed by atoms with van der Waals surface area (Å²) in [6, 6.07) is 3.57. The number of methoxy groups -OCH3 is 3. The van der Waals surface area contributed by atoms with Crippen LogP contribution in [0.2, 0.25) is 0 Å². The summed E-state index contributed by atoms with van der Waals surface area (Å²) in [5, 5.41) is 11.2. The highest BCUT2D eigenvalue weighted by Gasteiger charge is 2.16. The maximum Gasteiger partial charge on any atom is 0.249 e. The third-order valence-corrected chi connectivity index (χ3v) is 3.80. The topological polar surface area (TPSA) is 90.9 Å². The van der Waals surface area contributed by atoms with Gasteiger partial charge < -0.3 is 29.2 Å². The molecule has 0 amide bonds. The number of nitrogens with zero attached hydrogens (tertiary/aromatic N) is 4. The molecular formula is C16H21N5O4. The maximum atomic E-state index is 5.36. The number of aromatic nitrogens is 3. The van der Waals surface area contributed by atoms with Crippen molar-refractivity contribution in [3.05, 3.63) is 18.3 Å². The van der Waals surface area contributed by atoms with Gasteiger partial charge in [0.2, 0.25) is 11.7 Å². The Bertz CT molecular complexity index is 696. The summed E-state index contributed by atoms with van der Waals surface area (Å²) in [5.74, 6) is 2.76. The summed E-state index contributed by atoms with van der Waals surface area (Å²) < 4.78 is 21.4. The van der Waals surface area contributed by atoms with E-state index in [1.807, 2.05) is 0 Å². The lowest BCUT2D eigenvalue weighted by Gasteiger charge is -2.27. The molecule has 0 saturated carbocycles. The van der Waals surface area contributed by atoms with Crippen LogP contribution in [-0.2, 0) is 4.74 Å². The normalized spacial score (nSPS) is 14.1. The summed E-state index contributed by atoms with van der Waals surface area (Å²) in [4.78, 5) is 6.63. The Labute approximate surface area is 145 Å². The summed E-state index contributed by atoms with van der Waals surface area (Å²) in [6.07, 6.45) is 1.64. The van der Waals surface area contributed by atoms with E-state index in [1.54, 1.807) is 39.7 Å². The van der Waals surface area contributed by atoms with E-state index in [1.165, 1.54) is 0 Å². The molecule has 1 aromatic heterocycles. The molecule has 1 aliphatic rings. The van der Waals surface area contributed by atoms with Gasteiger partial charge in [-0.05, 0) is 0 Å². The Balaban J connectivity index is 1.84. The van der Waals surface area contributed by atoms with E-state index in [-0.39, 0.29) is 0 Å². The largest absolute Gasteiger partial charge is 0.493 e.